The Morgan fingerprint density at radius 2 is 1.47 bits per heavy atom. The minimum absolute atomic E-state index is 0.148. The van der Waals surface area contributed by atoms with Crippen molar-refractivity contribution in [2.75, 3.05) is 37.7 Å². The fourth-order valence-corrected chi connectivity index (χ4v) is 5.11. The van der Waals surface area contributed by atoms with E-state index in [-0.39, 0.29) is 12.4 Å². The molecule has 1 heterocycles. The summed E-state index contributed by atoms with van der Waals surface area (Å²) in [7, 11) is 0. The first-order chi connectivity index (χ1) is 16.7. The minimum Gasteiger partial charge on any atom is -0.508 e. The second-order valence-electron chi connectivity index (χ2n) is 9.40. The van der Waals surface area contributed by atoms with Gasteiger partial charge < -0.3 is 15.1 Å². The van der Waals surface area contributed by atoms with E-state index in [0.29, 0.717) is 6.42 Å². The van der Waals surface area contributed by atoms with Gasteiger partial charge in [-0.3, -0.25) is 4.90 Å². The Morgan fingerprint density at radius 1 is 0.765 bits per heavy atom. The Morgan fingerprint density at radius 3 is 2.12 bits per heavy atom. The molecule has 0 spiro atoms. The topological polar surface area (TPSA) is 46.9 Å². The van der Waals surface area contributed by atoms with Gasteiger partial charge in [0.1, 0.15) is 5.75 Å². The van der Waals surface area contributed by atoms with Crippen LogP contribution in [0.1, 0.15) is 42.4 Å². The van der Waals surface area contributed by atoms with Gasteiger partial charge in [0.25, 0.3) is 0 Å². The summed E-state index contributed by atoms with van der Waals surface area (Å²) in [5.74, 6) is 0.259. The Bertz CT molecular complexity index is 1110. The molecule has 1 aliphatic carbocycles. The number of phenols is 1. The van der Waals surface area contributed by atoms with Gasteiger partial charge >= 0.3 is 0 Å². The molecule has 2 N–H and O–H groups in total. The Labute approximate surface area is 202 Å². The smallest absolute Gasteiger partial charge is 0.116 e. The highest BCUT2D eigenvalue weighted by Gasteiger charge is 2.31. The maximum absolute atomic E-state index is 10.2. The first kappa shape index (κ1) is 22.7. The quantitative estimate of drug-likeness (QED) is 0.447. The van der Waals surface area contributed by atoms with Crippen LogP contribution < -0.4 is 4.90 Å². The number of hydrogen-bond donors (Lipinski definition) is 2. The van der Waals surface area contributed by atoms with E-state index in [9.17, 15) is 10.2 Å². The summed E-state index contributed by atoms with van der Waals surface area (Å²) in [6, 6.07) is 27.6. The van der Waals surface area contributed by atoms with Crippen LogP contribution in [0.3, 0.4) is 0 Å². The van der Waals surface area contributed by atoms with Gasteiger partial charge in [0.2, 0.25) is 0 Å². The predicted octanol–water partition coefficient (Wildman–Crippen LogP) is 5.41. The third-order valence-electron chi connectivity index (χ3n) is 7.04. The van der Waals surface area contributed by atoms with E-state index in [2.05, 4.69) is 64.4 Å². The van der Waals surface area contributed by atoms with Crippen LogP contribution in [0.4, 0.5) is 5.69 Å². The number of phenolic OH excluding ortho intramolecular Hbond substituents is 1. The number of aliphatic hydroxyl groups is 1. The van der Waals surface area contributed by atoms with E-state index < -0.39 is 0 Å². The zero-order valence-corrected chi connectivity index (χ0v) is 19.7. The summed E-state index contributed by atoms with van der Waals surface area (Å²) in [4.78, 5) is 5.13. The molecule has 176 valence electrons. The Hall–Kier alpha value is -3.08. The third-order valence-corrected chi connectivity index (χ3v) is 7.04. The number of benzene rings is 3. The second-order valence-corrected chi connectivity index (χ2v) is 9.40. The second kappa shape index (κ2) is 10.5. The van der Waals surface area contributed by atoms with Gasteiger partial charge in [0.15, 0.2) is 0 Å². The molecule has 1 saturated carbocycles. The summed E-state index contributed by atoms with van der Waals surface area (Å²) in [5.41, 5.74) is 6.83. The molecule has 0 amide bonds. The number of allylic oxidation sites excluding steroid dienone is 1. The number of piperazine rings is 1. The standard InChI is InChI=1S/C30H34N2O2/c33-21-5-10-29(23-6-2-1-3-7-23)30(25-8-4-9-28(34)22-25)24-11-13-26(14-12-24)31-17-19-32(20-18-31)27-15-16-27/h1-4,6-9,11-14,22,27,33-34H,5,10,15-21H2/b30-29+. The molecule has 0 atom stereocenters. The van der Waals surface area contributed by atoms with Crippen LogP contribution in [-0.2, 0) is 0 Å². The highest BCUT2D eigenvalue weighted by Crippen LogP contribution is 2.37. The maximum Gasteiger partial charge on any atom is 0.116 e. The lowest BCUT2D eigenvalue weighted by Gasteiger charge is -2.36. The number of rotatable bonds is 8. The van der Waals surface area contributed by atoms with Crippen LogP contribution in [0.15, 0.2) is 78.9 Å². The molecule has 5 rings (SSSR count). The summed E-state index contributed by atoms with van der Waals surface area (Å²) in [6.07, 6.45) is 4.20. The van der Waals surface area contributed by atoms with E-state index in [1.807, 2.05) is 18.2 Å². The van der Waals surface area contributed by atoms with E-state index in [1.54, 1.807) is 6.07 Å². The number of hydrogen-bond acceptors (Lipinski definition) is 4. The highest BCUT2D eigenvalue weighted by atomic mass is 16.3. The molecule has 4 heteroatoms. The van der Waals surface area contributed by atoms with Crippen molar-refractivity contribution in [1.29, 1.82) is 0 Å². The average molecular weight is 455 g/mol. The number of nitrogens with zero attached hydrogens (tertiary/aromatic N) is 2. The van der Waals surface area contributed by atoms with Crippen molar-refractivity contribution in [3.63, 3.8) is 0 Å². The lowest BCUT2D eigenvalue weighted by atomic mass is 9.87. The molecule has 0 unspecified atom stereocenters. The Balaban J connectivity index is 1.50. The molecule has 0 aromatic heterocycles. The molecule has 4 nitrogen and oxygen atoms in total. The van der Waals surface area contributed by atoms with Crippen molar-refractivity contribution >= 4 is 16.8 Å². The predicted molar refractivity (Wildman–Crippen MR) is 140 cm³/mol. The van der Waals surface area contributed by atoms with Gasteiger partial charge in [-0.05, 0) is 77.8 Å². The summed E-state index contributed by atoms with van der Waals surface area (Å²) >= 11 is 0. The minimum atomic E-state index is 0.148. The van der Waals surface area contributed by atoms with E-state index >= 15 is 0 Å². The molecule has 0 bridgehead atoms. The molecule has 0 radical (unpaired) electrons. The van der Waals surface area contributed by atoms with Crippen molar-refractivity contribution in [1.82, 2.24) is 4.90 Å². The molecular weight excluding hydrogens is 420 g/mol. The molecule has 3 aromatic rings. The SMILES string of the molecule is OCCC/C(=C(/c1ccc(N2CCN(C3CC3)CC2)cc1)c1cccc(O)c1)c1ccccc1. The van der Waals surface area contributed by atoms with Crippen LogP contribution in [-0.4, -0.2) is 53.9 Å². The molecule has 1 saturated heterocycles. The molecule has 3 aromatic carbocycles. The van der Waals surface area contributed by atoms with Gasteiger partial charge in [0, 0.05) is 44.5 Å². The molecule has 1 aliphatic heterocycles. The Kier molecular flexibility index (Phi) is 6.98. The van der Waals surface area contributed by atoms with Crippen LogP contribution in [0.25, 0.3) is 11.1 Å². The number of anilines is 1. The fourth-order valence-electron chi connectivity index (χ4n) is 5.11. The normalized spacial score (nSPS) is 17.5. The van der Waals surface area contributed by atoms with Crippen LogP contribution in [0.5, 0.6) is 5.75 Å². The first-order valence-corrected chi connectivity index (χ1v) is 12.5. The zero-order chi connectivity index (χ0) is 23.3. The zero-order valence-electron chi connectivity index (χ0n) is 19.7. The summed E-state index contributed by atoms with van der Waals surface area (Å²) in [6.45, 7) is 4.61. The van der Waals surface area contributed by atoms with Crippen molar-refractivity contribution < 1.29 is 10.2 Å². The van der Waals surface area contributed by atoms with Gasteiger partial charge in [-0.25, -0.2) is 0 Å². The highest BCUT2D eigenvalue weighted by molar-refractivity contribution is 5.99. The van der Waals surface area contributed by atoms with Crippen LogP contribution in [0, 0.1) is 0 Å². The largest absolute Gasteiger partial charge is 0.508 e. The van der Waals surface area contributed by atoms with Gasteiger partial charge in [0.05, 0.1) is 0 Å². The van der Waals surface area contributed by atoms with Crippen molar-refractivity contribution in [2.24, 2.45) is 0 Å². The van der Waals surface area contributed by atoms with E-state index in [0.717, 1.165) is 60.9 Å². The number of aliphatic hydroxyl groups excluding tert-OH is 1. The summed E-state index contributed by atoms with van der Waals surface area (Å²) in [5, 5.41) is 19.8. The van der Waals surface area contributed by atoms with E-state index in [1.165, 1.54) is 24.1 Å². The van der Waals surface area contributed by atoms with Crippen molar-refractivity contribution in [3.8, 4) is 5.75 Å². The maximum atomic E-state index is 10.2. The number of aromatic hydroxyl groups is 1. The molecule has 2 aliphatic rings. The first-order valence-electron chi connectivity index (χ1n) is 12.5. The van der Waals surface area contributed by atoms with E-state index in [4.69, 9.17) is 0 Å². The lowest BCUT2D eigenvalue weighted by Crippen LogP contribution is -2.47. The third kappa shape index (κ3) is 5.19. The van der Waals surface area contributed by atoms with Crippen molar-refractivity contribution in [2.45, 2.75) is 31.7 Å². The lowest BCUT2D eigenvalue weighted by molar-refractivity contribution is 0.248. The van der Waals surface area contributed by atoms with Crippen molar-refractivity contribution in [3.05, 3.63) is 95.6 Å². The van der Waals surface area contributed by atoms with Gasteiger partial charge in [-0.1, -0.05) is 54.6 Å². The van der Waals surface area contributed by atoms with Gasteiger partial charge in [-0.15, -0.1) is 0 Å². The summed E-state index contributed by atoms with van der Waals surface area (Å²) < 4.78 is 0. The van der Waals surface area contributed by atoms with Crippen LogP contribution >= 0.6 is 0 Å². The fraction of sp³-hybridized carbons (Fsp3) is 0.333. The average Bonchev–Trinajstić information content (AvgIpc) is 3.73. The molecule has 34 heavy (non-hydrogen) atoms. The van der Waals surface area contributed by atoms with Crippen LogP contribution in [0.2, 0.25) is 0 Å². The van der Waals surface area contributed by atoms with Gasteiger partial charge in [-0.2, -0.15) is 0 Å². The monoisotopic (exact) mass is 454 g/mol. The molecule has 2 fully saturated rings. The molecular formula is C30H34N2O2.